The highest BCUT2D eigenvalue weighted by molar-refractivity contribution is 7.07. The lowest BCUT2D eigenvalue weighted by Crippen LogP contribution is -2.48. The molecule has 0 aromatic carbocycles. The molecule has 3 atom stereocenters. The zero-order valence-electron chi connectivity index (χ0n) is 15.3. The highest BCUT2D eigenvalue weighted by Crippen LogP contribution is 2.65. The van der Waals surface area contributed by atoms with Crippen LogP contribution in [0.15, 0.2) is 10.2 Å². The molecule has 0 saturated heterocycles. The molecule has 2 aliphatic rings. The fourth-order valence-corrected chi connectivity index (χ4v) is 5.31. The number of aryl methyl sites for hydroxylation is 1. The molecule has 2 saturated carbocycles. The van der Waals surface area contributed by atoms with Crippen molar-refractivity contribution in [2.75, 3.05) is 6.61 Å². The summed E-state index contributed by atoms with van der Waals surface area (Å²) < 4.78 is 6.41. The standard InChI is InChI=1S/C18H26N2O4S/c1-11-10-25-16(23)20(11)8-15(22)24-9-14(21)19-13-7-12-5-6-18(13,4)17(12,2)3/h10,12-13H,5-9H2,1-4H3,(H,19,21). The summed E-state index contributed by atoms with van der Waals surface area (Å²) >= 11 is 1.05. The van der Waals surface area contributed by atoms with Crippen LogP contribution in [0.25, 0.3) is 0 Å². The fourth-order valence-electron chi connectivity index (χ4n) is 4.57. The summed E-state index contributed by atoms with van der Waals surface area (Å²) in [5, 5.41) is 4.76. The molecule has 2 fully saturated rings. The molecule has 0 radical (unpaired) electrons. The van der Waals surface area contributed by atoms with Crippen LogP contribution < -0.4 is 10.2 Å². The Kier molecular flexibility index (Phi) is 4.56. The minimum atomic E-state index is -0.571. The molecule has 1 aromatic rings. The molecule has 6 nitrogen and oxygen atoms in total. The molecule has 25 heavy (non-hydrogen) atoms. The largest absolute Gasteiger partial charge is 0.454 e. The van der Waals surface area contributed by atoms with Gasteiger partial charge in [-0.15, -0.1) is 0 Å². The molecule has 2 aliphatic carbocycles. The Bertz CT molecular complexity index is 751. The van der Waals surface area contributed by atoms with E-state index in [0.717, 1.165) is 24.2 Å². The normalized spacial score (nSPS) is 29.6. The number of carbonyl (C=O) groups is 2. The van der Waals surface area contributed by atoms with Crippen molar-refractivity contribution < 1.29 is 14.3 Å². The summed E-state index contributed by atoms with van der Waals surface area (Å²) in [4.78, 5) is 35.5. The van der Waals surface area contributed by atoms with Gasteiger partial charge in [0.05, 0.1) is 0 Å². The minimum absolute atomic E-state index is 0.0957. The summed E-state index contributed by atoms with van der Waals surface area (Å²) in [5.74, 6) is -0.200. The quantitative estimate of drug-likeness (QED) is 0.810. The number of fused-ring (bicyclic) bond motifs is 2. The third-order valence-corrected chi connectivity index (χ3v) is 7.64. The Balaban J connectivity index is 1.51. The smallest absolute Gasteiger partial charge is 0.326 e. The van der Waals surface area contributed by atoms with Crippen molar-refractivity contribution in [3.05, 3.63) is 20.7 Å². The number of nitrogens with one attached hydrogen (secondary N) is 1. The van der Waals surface area contributed by atoms with E-state index in [2.05, 4.69) is 26.1 Å². The van der Waals surface area contributed by atoms with Gasteiger partial charge in [0.1, 0.15) is 6.54 Å². The molecule has 3 unspecified atom stereocenters. The van der Waals surface area contributed by atoms with Gasteiger partial charge >= 0.3 is 10.8 Å². The van der Waals surface area contributed by atoms with Crippen LogP contribution in [0.5, 0.6) is 0 Å². The lowest BCUT2D eigenvalue weighted by atomic mass is 9.69. The van der Waals surface area contributed by atoms with E-state index in [1.54, 1.807) is 12.3 Å². The minimum Gasteiger partial charge on any atom is -0.454 e. The Labute approximate surface area is 151 Å². The topological polar surface area (TPSA) is 77.4 Å². The summed E-state index contributed by atoms with van der Waals surface area (Å²) in [5.41, 5.74) is 1.03. The molecule has 2 bridgehead atoms. The number of ether oxygens (including phenoxy) is 1. The van der Waals surface area contributed by atoms with Gasteiger partial charge < -0.3 is 10.1 Å². The average molecular weight is 366 g/mol. The summed E-state index contributed by atoms with van der Waals surface area (Å²) in [6, 6.07) is 0.134. The van der Waals surface area contributed by atoms with Crippen LogP contribution in [0.3, 0.4) is 0 Å². The molecular weight excluding hydrogens is 340 g/mol. The third kappa shape index (κ3) is 3.03. The Hall–Kier alpha value is -1.63. The van der Waals surface area contributed by atoms with Crippen molar-refractivity contribution in [1.29, 1.82) is 0 Å². The molecule has 1 aromatic heterocycles. The number of esters is 1. The van der Waals surface area contributed by atoms with Gasteiger partial charge in [0.25, 0.3) is 5.91 Å². The van der Waals surface area contributed by atoms with E-state index in [-0.39, 0.29) is 40.8 Å². The van der Waals surface area contributed by atoms with Crippen molar-refractivity contribution in [2.45, 2.75) is 59.5 Å². The average Bonchev–Trinajstić information content (AvgIpc) is 3.04. The summed E-state index contributed by atoms with van der Waals surface area (Å²) in [7, 11) is 0. The van der Waals surface area contributed by atoms with Crippen molar-refractivity contribution in [2.24, 2.45) is 16.7 Å². The first-order valence-electron chi connectivity index (χ1n) is 8.75. The number of carbonyl (C=O) groups excluding carboxylic acids is 2. The van der Waals surface area contributed by atoms with E-state index in [1.165, 1.54) is 11.0 Å². The number of thiazole rings is 1. The van der Waals surface area contributed by atoms with E-state index in [4.69, 9.17) is 4.74 Å². The van der Waals surface area contributed by atoms with Crippen LogP contribution in [-0.2, 0) is 20.9 Å². The zero-order chi connectivity index (χ0) is 18.4. The van der Waals surface area contributed by atoms with Crippen molar-refractivity contribution in [1.82, 2.24) is 9.88 Å². The molecule has 138 valence electrons. The first-order chi connectivity index (χ1) is 11.6. The number of rotatable bonds is 5. The molecule has 3 rings (SSSR count). The summed E-state index contributed by atoms with van der Waals surface area (Å²) in [6.45, 7) is 8.14. The van der Waals surface area contributed by atoms with Crippen LogP contribution in [0.1, 0.15) is 45.7 Å². The lowest BCUT2D eigenvalue weighted by Gasteiger charge is -2.39. The van der Waals surface area contributed by atoms with Gasteiger partial charge in [-0.25, -0.2) is 0 Å². The molecule has 1 N–H and O–H groups in total. The van der Waals surface area contributed by atoms with E-state index in [9.17, 15) is 14.4 Å². The second-order valence-electron chi connectivity index (χ2n) is 8.12. The monoisotopic (exact) mass is 366 g/mol. The van der Waals surface area contributed by atoms with Gasteiger partial charge in [-0.05, 0) is 42.9 Å². The maximum atomic E-state index is 12.2. The predicted molar refractivity (Wildman–Crippen MR) is 95.4 cm³/mol. The Morgan fingerprint density at radius 3 is 2.64 bits per heavy atom. The van der Waals surface area contributed by atoms with E-state index in [1.807, 2.05) is 0 Å². The highest BCUT2D eigenvalue weighted by atomic mass is 32.1. The maximum absolute atomic E-state index is 12.2. The van der Waals surface area contributed by atoms with E-state index < -0.39 is 5.97 Å². The Morgan fingerprint density at radius 1 is 1.40 bits per heavy atom. The molecule has 1 heterocycles. The molecule has 7 heteroatoms. The molecular formula is C18H26N2O4S. The van der Waals surface area contributed by atoms with Crippen LogP contribution in [-0.4, -0.2) is 29.1 Å². The maximum Gasteiger partial charge on any atom is 0.326 e. The Morgan fingerprint density at radius 2 is 2.12 bits per heavy atom. The molecule has 1 amide bonds. The number of hydrogen-bond acceptors (Lipinski definition) is 5. The number of hydrogen-bond donors (Lipinski definition) is 1. The first-order valence-corrected chi connectivity index (χ1v) is 9.63. The second kappa shape index (κ2) is 6.27. The van der Waals surface area contributed by atoms with Crippen LogP contribution in [0.2, 0.25) is 0 Å². The van der Waals surface area contributed by atoms with E-state index >= 15 is 0 Å². The predicted octanol–water partition coefficient (Wildman–Crippen LogP) is 2.09. The SMILES string of the molecule is Cc1csc(=O)n1CC(=O)OCC(=O)NC1CC2CCC1(C)C2(C)C. The van der Waals surface area contributed by atoms with Gasteiger partial charge in [0.2, 0.25) is 0 Å². The van der Waals surface area contributed by atoms with Gasteiger partial charge in [0.15, 0.2) is 6.61 Å². The fraction of sp³-hybridized carbons (Fsp3) is 0.722. The van der Waals surface area contributed by atoms with Gasteiger partial charge in [-0.1, -0.05) is 32.1 Å². The van der Waals surface area contributed by atoms with E-state index in [0.29, 0.717) is 11.6 Å². The number of amides is 1. The van der Waals surface area contributed by atoms with Gasteiger partial charge in [-0.2, -0.15) is 0 Å². The second-order valence-corrected chi connectivity index (χ2v) is 8.94. The van der Waals surface area contributed by atoms with Gasteiger partial charge in [0, 0.05) is 17.1 Å². The van der Waals surface area contributed by atoms with Crippen molar-refractivity contribution in [3.8, 4) is 0 Å². The molecule has 0 aliphatic heterocycles. The number of aromatic nitrogens is 1. The highest BCUT2D eigenvalue weighted by Gasteiger charge is 2.61. The molecule has 0 spiro atoms. The lowest BCUT2D eigenvalue weighted by molar-refractivity contribution is -0.149. The van der Waals surface area contributed by atoms with Crippen LogP contribution >= 0.6 is 11.3 Å². The van der Waals surface area contributed by atoms with Crippen molar-refractivity contribution >= 4 is 23.2 Å². The number of nitrogens with zero attached hydrogens (tertiary/aromatic N) is 1. The third-order valence-electron chi connectivity index (χ3n) is 6.76. The zero-order valence-corrected chi connectivity index (χ0v) is 16.1. The van der Waals surface area contributed by atoms with Gasteiger partial charge in [-0.3, -0.25) is 19.0 Å². The van der Waals surface area contributed by atoms with Crippen LogP contribution in [0.4, 0.5) is 0 Å². The van der Waals surface area contributed by atoms with Crippen LogP contribution in [0, 0.1) is 23.7 Å². The first kappa shape index (κ1) is 18.2. The summed E-state index contributed by atoms with van der Waals surface area (Å²) in [6.07, 6.45) is 3.34. The van der Waals surface area contributed by atoms with Crippen molar-refractivity contribution in [3.63, 3.8) is 0 Å².